The van der Waals surface area contributed by atoms with Gasteiger partial charge in [-0.15, -0.1) is 11.3 Å². The van der Waals surface area contributed by atoms with Crippen LogP contribution in [-0.2, 0) is 6.42 Å². The molecule has 0 saturated carbocycles. The van der Waals surface area contributed by atoms with Crippen LogP contribution in [0.25, 0.3) is 16.0 Å². The summed E-state index contributed by atoms with van der Waals surface area (Å²) in [5.74, 6) is 0. The van der Waals surface area contributed by atoms with E-state index in [0.717, 1.165) is 10.5 Å². The molecule has 1 aromatic carbocycles. The molecular formula is C17H22N2S. The quantitative estimate of drug-likeness (QED) is 0.528. The fraction of sp³-hybridized carbons (Fsp3) is 0.471. The van der Waals surface area contributed by atoms with Crippen molar-refractivity contribution < 1.29 is 0 Å². The molecule has 0 bridgehead atoms. The van der Waals surface area contributed by atoms with Gasteiger partial charge in [0.05, 0.1) is 11.0 Å². The average Bonchev–Trinajstić information content (AvgIpc) is 3.00. The Morgan fingerprint density at radius 3 is 2.75 bits per heavy atom. The second kappa shape index (κ2) is 6.40. The number of benzene rings is 1. The first kappa shape index (κ1) is 13.6. The van der Waals surface area contributed by atoms with Crippen molar-refractivity contribution in [3.05, 3.63) is 35.3 Å². The maximum atomic E-state index is 4.69. The van der Waals surface area contributed by atoms with Gasteiger partial charge < -0.3 is 0 Å². The Morgan fingerprint density at radius 2 is 1.85 bits per heavy atom. The Hall–Kier alpha value is -1.35. The monoisotopic (exact) mass is 286 g/mol. The number of hydrogen-bond donors (Lipinski definition) is 0. The maximum absolute atomic E-state index is 4.69. The third kappa shape index (κ3) is 2.88. The Morgan fingerprint density at radius 1 is 1.05 bits per heavy atom. The predicted octanol–water partition coefficient (Wildman–Crippen LogP) is 5.45. The zero-order chi connectivity index (χ0) is 13.8. The van der Waals surface area contributed by atoms with E-state index in [1.54, 1.807) is 0 Å². The molecule has 2 nitrogen and oxygen atoms in total. The van der Waals surface area contributed by atoms with Gasteiger partial charge in [0.15, 0.2) is 4.96 Å². The first-order valence-corrected chi connectivity index (χ1v) is 8.55. The standard InChI is InChI=1S/C17H22N2S/c1-2-3-4-5-6-7-10-14-13-19-16-12-9-8-11-15(16)18-17(19)20-14/h8-9,11-13H,2-7,10H2,1H3. The minimum Gasteiger partial charge on any atom is -0.290 e. The fourth-order valence-electron chi connectivity index (χ4n) is 2.70. The second-order valence-corrected chi connectivity index (χ2v) is 6.56. The topological polar surface area (TPSA) is 17.3 Å². The Kier molecular flexibility index (Phi) is 4.36. The molecule has 0 atom stereocenters. The Balaban J connectivity index is 1.62. The van der Waals surface area contributed by atoms with Crippen LogP contribution in [0.3, 0.4) is 0 Å². The second-order valence-electron chi connectivity index (χ2n) is 5.47. The number of imidazole rings is 1. The minimum atomic E-state index is 1.10. The van der Waals surface area contributed by atoms with Gasteiger partial charge in [0.25, 0.3) is 0 Å². The lowest BCUT2D eigenvalue weighted by molar-refractivity contribution is 0.609. The average molecular weight is 286 g/mol. The lowest BCUT2D eigenvalue weighted by Crippen LogP contribution is -1.83. The summed E-state index contributed by atoms with van der Waals surface area (Å²) in [6.45, 7) is 2.27. The van der Waals surface area contributed by atoms with Crippen LogP contribution in [0.15, 0.2) is 30.5 Å². The number of aromatic nitrogens is 2. The molecule has 20 heavy (non-hydrogen) atoms. The van der Waals surface area contributed by atoms with Crippen LogP contribution in [0, 0.1) is 0 Å². The summed E-state index contributed by atoms with van der Waals surface area (Å²) in [6, 6.07) is 8.37. The minimum absolute atomic E-state index is 1.10. The van der Waals surface area contributed by atoms with Crippen molar-refractivity contribution in [2.45, 2.75) is 51.9 Å². The number of para-hydroxylation sites is 2. The smallest absolute Gasteiger partial charge is 0.194 e. The van der Waals surface area contributed by atoms with Crippen LogP contribution >= 0.6 is 11.3 Å². The summed E-state index contributed by atoms with van der Waals surface area (Å²) in [4.78, 5) is 7.28. The fourth-order valence-corrected chi connectivity index (χ4v) is 3.73. The van der Waals surface area contributed by atoms with E-state index in [9.17, 15) is 0 Å². The Labute approximate surface area is 124 Å². The first-order chi connectivity index (χ1) is 9.88. The van der Waals surface area contributed by atoms with Gasteiger partial charge in [-0.3, -0.25) is 4.40 Å². The van der Waals surface area contributed by atoms with Crippen LogP contribution in [0.5, 0.6) is 0 Å². The largest absolute Gasteiger partial charge is 0.290 e. The van der Waals surface area contributed by atoms with E-state index in [2.05, 4.69) is 46.8 Å². The molecule has 3 aromatic rings. The molecular weight excluding hydrogens is 264 g/mol. The molecule has 0 radical (unpaired) electrons. The van der Waals surface area contributed by atoms with Gasteiger partial charge in [-0.05, 0) is 25.0 Å². The molecule has 3 rings (SSSR count). The molecule has 2 heterocycles. The van der Waals surface area contributed by atoms with Gasteiger partial charge in [-0.2, -0.15) is 0 Å². The zero-order valence-electron chi connectivity index (χ0n) is 12.1. The molecule has 2 aromatic heterocycles. The predicted molar refractivity (Wildman–Crippen MR) is 87.7 cm³/mol. The molecule has 106 valence electrons. The number of aryl methyl sites for hydroxylation is 1. The highest BCUT2D eigenvalue weighted by Gasteiger charge is 2.07. The van der Waals surface area contributed by atoms with Crippen LogP contribution in [0.4, 0.5) is 0 Å². The number of hydrogen-bond acceptors (Lipinski definition) is 2. The highest BCUT2D eigenvalue weighted by atomic mass is 32.1. The molecule has 0 N–H and O–H groups in total. The number of unbranched alkanes of at least 4 members (excludes halogenated alkanes) is 5. The van der Waals surface area contributed by atoms with E-state index in [1.807, 2.05) is 11.3 Å². The summed E-state index contributed by atoms with van der Waals surface area (Å²) in [6.07, 6.45) is 11.7. The molecule has 0 saturated heterocycles. The van der Waals surface area contributed by atoms with Gasteiger partial charge in [0.1, 0.15) is 0 Å². The van der Waals surface area contributed by atoms with Crippen LogP contribution in [0.2, 0.25) is 0 Å². The number of rotatable bonds is 7. The van der Waals surface area contributed by atoms with Crippen molar-refractivity contribution in [3.63, 3.8) is 0 Å². The van der Waals surface area contributed by atoms with Crippen molar-refractivity contribution in [2.24, 2.45) is 0 Å². The first-order valence-electron chi connectivity index (χ1n) is 7.74. The van der Waals surface area contributed by atoms with Gasteiger partial charge in [0, 0.05) is 11.1 Å². The van der Waals surface area contributed by atoms with E-state index in [4.69, 9.17) is 0 Å². The van der Waals surface area contributed by atoms with Crippen molar-refractivity contribution >= 4 is 27.3 Å². The van der Waals surface area contributed by atoms with Crippen molar-refractivity contribution in [3.8, 4) is 0 Å². The van der Waals surface area contributed by atoms with E-state index >= 15 is 0 Å². The highest BCUT2D eigenvalue weighted by molar-refractivity contribution is 7.17. The molecule has 0 spiro atoms. The van der Waals surface area contributed by atoms with E-state index in [0.29, 0.717) is 0 Å². The SMILES string of the molecule is CCCCCCCCc1cn2c(nc3ccccc32)s1. The van der Waals surface area contributed by atoms with Crippen molar-refractivity contribution in [1.82, 2.24) is 9.38 Å². The summed E-state index contributed by atoms with van der Waals surface area (Å²) in [5, 5.41) is 0. The van der Waals surface area contributed by atoms with E-state index < -0.39 is 0 Å². The Bertz CT molecular complexity index is 680. The van der Waals surface area contributed by atoms with Gasteiger partial charge in [0.2, 0.25) is 0 Å². The van der Waals surface area contributed by atoms with Crippen LogP contribution < -0.4 is 0 Å². The molecule has 0 unspecified atom stereocenters. The summed E-state index contributed by atoms with van der Waals surface area (Å²) >= 11 is 1.84. The lowest BCUT2D eigenvalue weighted by atomic mass is 10.1. The highest BCUT2D eigenvalue weighted by Crippen LogP contribution is 2.24. The third-order valence-corrected chi connectivity index (χ3v) is 4.88. The maximum Gasteiger partial charge on any atom is 0.194 e. The number of nitrogens with zero attached hydrogens (tertiary/aromatic N) is 2. The van der Waals surface area contributed by atoms with E-state index in [-0.39, 0.29) is 0 Å². The third-order valence-electron chi connectivity index (χ3n) is 3.84. The molecule has 0 aliphatic carbocycles. The normalized spacial score (nSPS) is 11.7. The number of fused-ring (bicyclic) bond motifs is 3. The van der Waals surface area contributed by atoms with Gasteiger partial charge in [-0.25, -0.2) is 4.98 Å². The van der Waals surface area contributed by atoms with Gasteiger partial charge >= 0.3 is 0 Å². The van der Waals surface area contributed by atoms with Gasteiger partial charge in [-0.1, -0.05) is 51.2 Å². The molecule has 0 aliphatic heterocycles. The summed E-state index contributed by atoms with van der Waals surface area (Å²) in [7, 11) is 0. The summed E-state index contributed by atoms with van der Waals surface area (Å²) < 4.78 is 2.24. The van der Waals surface area contributed by atoms with Crippen LogP contribution in [0.1, 0.15) is 50.3 Å². The summed E-state index contributed by atoms with van der Waals surface area (Å²) in [5.41, 5.74) is 2.33. The van der Waals surface area contributed by atoms with E-state index in [1.165, 1.54) is 55.3 Å². The molecule has 0 fully saturated rings. The molecule has 0 aliphatic rings. The van der Waals surface area contributed by atoms with Crippen molar-refractivity contribution in [2.75, 3.05) is 0 Å². The zero-order valence-corrected chi connectivity index (χ0v) is 13.0. The van der Waals surface area contributed by atoms with Crippen molar-refractivity contribution in [1.29, 1.82) is 0 Å². The lowest BCUT2D eigenvalue weighted by Gasteiger charge is -1.98. The number of thiazole rings is 1. The molecule has 0 amide bonds. The molecule has 3 heteroatoms. The van der Waals surface area contributed by atoms with Crippen LogP contribution in [-0.4, -0.2) is 9.38 Å².